The maximum atomic E-state index is 11.9. The van der Waals surface area contributed by atoms with E-state index < -0.39 is 5.60 Å². The van der Waals surface area contributed by atoms with Crippen molar-refractivity contribution in [2.75, 3.05) is 25.0 Å². The van der Waals surface area contributed by atoms with Crippen molar-refractivity contribution >= 4 is 41.5 Å². The Bertz CT molecular complexity index is 690. The largest absolute Gasteiger partial charge is 0.466 e. The third-order valence-electron chi connectivity index (χ3n) is 3.32. The molecule has 0 radical (unpaired) electrons. The smallest absolute Gasteiger partial charge is 0.246 e. The summed E-state index contributed by atoms with van der Waals surface area (Å²) in [5.41, 5.74) is -0.584. The molecule has 0 saturated heterocycles. The minimum atomic E-state index is -1.20. The van der Waals surface area contributed by atoms with Gasteiger partial charge in [0.15, 0.2) is 5.96 Å². The molecular formula is C17H24IN5O3. The summed E-state index contributed by atoms with van der Waals surface area (Å²) in [4.78, 5) is 20.1. The third-order valence-corrected chi connectivity index (χ3v) is 3.32. The van der Waals surface area contributed by atoms with Gasteiger partial charge in [-0.15, -0.1) is 24.0 Å². The predicted molar refractivity (Wildman–Crippen MR) is 111 cm³/mol. The van der Waals surface area contributed by atoms with Crippen LogP contribution < -0.4 is 16.0 Å². The standard InChI is InChI=1S/C17H23N5O3.HI/c1-3-19-16(21-12-17(2,24)14-7-5-9-25-14)20-11-15(23)22-13-6-4-8-18-10-13;/h4-10,24H,3,11-12H2,1-2H3,(H,22,23)(H2,19,20,21);1H. The van der Waals surface area contributed by atoms with E-state index in [-0.39, 0.29) is 43.0 Å². The van der Waals surface area contributed by atoms with Crippen LogP contribution in [0, 0.1) is 0 Å². The molecule has 1 atom stereocenters. The van der Waals surface area contributed by atoms with E-state index in [2.05, 4.69) is 25.9 Å². The molecule has 0 spiro atoms. The summed E-state index contributed by atoms with van der Waals surface area (Å²) in [6.07, 6.45) is 4.70. The molecule has 8 nitrogen and oxygen atoms in total. The van der Waals surface area contributed by atoms with Crippen LogP contribution in [0.1, 0.15) is 19.6 Å². The van der Waals surface area contributed by atoms with Gasteiger partial charge in [-0.3, -0.25) is 9.78 Å². The third kappa shape index (κ3) is 7.00. The Labute approximate surface area is 169 Å². The molecule has 0 fully saturated rings. The van der Waals surface area contributed by atoms with E-state index >= 15 is 0 Å². The van der Waals surface area contributed by atoms with Gasteiger partial charge < -0.3 is 25.5 Å². The fourth-order valence-electron chi connectivity index (χ4n) is 2.06. The van der Waals surface area contributed by atoms with Gasteiger partial charge in [0.1, 0.15) is 17.9 Å². The van der Waals surface area contributed by atoms with Crippen LogP contribution in [0.3, 0.4) is 0 Å². The number of hydrogen-bond acceptors (Lipinski definition) is 5. The lowest BCUT2D eigenvalue weighted by molar-refractivity contribution is -0.114. The lowest BCUT2D eigenvalue weighted by Gasteiger charge is -2.22. The molecular weight excluding hydrogens is 449 g/mol. The molecule has 0 aliphatic heterocycles. The highest BCUT2D eigenvalue weighted by molar-refractivity contribution is 14.0. The van der Waals surface area contributed by atoms with Crippen molar-refractivity contribution in [2.45, 2.75) is 19.4 Å². The zero-order chi connectivity index (χ0) is 18.1. The number of aliphatic imine (C=N–C) groups is 1. The lowest BCUT2D eigenvalue weighted by Crippen LogP contribution is -2.44. The average Bonchev–Trinajstić information content (AvgIpc) is 3.14. The van der Waals surface area contributed by atoms with Crippen molar-refractivity contribution in [2.24, 2.45) is 4.99 Å². The van der Waals surface area contributed by atoms with E-state index in [1.165, 1.54) is 6.26 Å². The SMILES string of the molecule is CCNC(=NCC(=O)Nc1cccnc1)NCC(C)(O)c1ccco1.I. The monoisotopic (exact) mass is 473 g/mol. The first-order valence-electron chi connectivity index (χ1n) is 7.99. The molecule has 4 N–H and O–H groups in total. The molecule has 2 rings (SSSR count). The number of rotatable bonds is 7. The Hall–Kier alpha value is -2.14. The molecule has 0 aromatic carbocycles. The number of carbonyl (C=O) groups excluding carboxylic acids is 1. The van der Waals surface area contributed by atoms with Gasteiger partial charge in [0.25, 0.3) is 0 Å². The summed E-state index contributed by atoms with van der Waals surface area (Å²) in [5.74, 6) is 0.615. The molecule has 0 aliphatic rings. The van der Waals surface area contributed by atoms with Gasteiger partial charge in [-0.1, -0.05) is 0 Å². The summed E-state index contributed by atoms with van der Waals surface area (Å²) in [6, 6.07) is 6.90. The first-order valence-corrected chi connectivity index (χ1v) is 7.99. The van der Waals surface area contributed by atoms with E-state index in [1.54, 1.807) is 43.6 Å². The van der Waals surface area contributed by atoms with Crippen LogP contribution in [0.2, 0.25) is 0 Å². The second-order valence-corrected chi connectivity index (χ2v) is 5.59. The van der Waals surface area contributed by atoms with E-state index in [1.807, 2.05) is 6.92 Å². The number of amides is 1. The lowest BCUT2D eigenvalue weighted by atomic mass is 10.0. The van der Waals surface area contributed by atoms with Gasteiger partial charge >= 0.3 is 0 Å². The molecule has 0 bridgehead atoms. The Morgan fingerprint density at radius 1 is 1.35 bits per heavy atom. The quantitative estimate of drug-likeness (QED) is 0.277. The van der Waals surface area contributed by atoms with Gasteiger partial charge in [0, 0.05) is 12.7 Å². The van der Waals surface area contributed by atoms with E-state index in [4.69, 9.17) is 4.42 Å². The van der Waals surface area contributed by atoms with Crippen LogP contribution >= 0.6 is 24.0 Å². The van der Waals surface area contributed by atoms with Crippen molar-refractivity contribution in [3.8, 4) is 0 Å². The normalized spacial score (nSPS) is 13.3. The van der Waals surface area contributed by atoms with Crippen molar-refractivity contribution in [1.82, 2.24) is 15.6 Å². The van der Waals surface area contributed by atoms with E-state index in [0.29, 0.717) is 24.0 Å². The fraction of sp³-hybridized carbons (Fsp3) is 0.353. The molecule has 1 amide bonds. The Balaban J connectivity index is 0.00000338. The van der Waals surface area contributed by atoms with Crippen LogP contribution in [-0.2, 0) is 10.4 Å². The summed E-state index contributed by atoms with van der Waals surface area (Å²) in [6.45, 7) is 4.29. The van der Waals surface area contributed by atoms with Crippen LogP contribution in [-0.4, -0.2) is 41.6 Å². The minimum absolute atomic E-state index is 0. The fourth-order valence-corrected chi connectivity index (χ4v) is 2.06. The first kappa shape index (κ1) is 21.9. The maximum Gasteiger partial charge on any atom is 0.246 e. The molecule has 142 valence electrons. The summed E-state index contributed by atoms with van der Waals surface area (Å²) in [5, 5.41) is 19.2. The number of halogens is 1. The Morgan fingerprint density at radius 3 is 2.77 bits per heavy atom. The van der Waals surface area contributed by atoms with Crippen LogP contribution in [0.5, 0.6) is 0 Å². The van der Waals surface area contributed by atoms with Crippen LogP contribution in [0.25, 0.3) is 0 Å². The summed E-state index contributed by atoms with van der Waals surface area (Å²) >= 11 is 0. The average molecular weight is 473 g/mol. The number of aromatic nitrogens is 1. The number of pyridine rings is 1. The number of aliphatic hydroxyl groups is 1. The highest BCUT2D eigenvalue weighted by Crippen LogP contribution is 2.19. The number of nitrogens with one attached hydrogen (secondary N) is 3. The zero-order valence-electron chi connectivity index (χ0n) is 14.7. The Kier molecular flexibility index (Phi) is 9.07. The molecule has 0 saturated carbocycles. The molecule has 2 aromatic heterocycles. The van der Waals surface area contributed by atoms with Gasteiger partial charge in [-0.05, 0) is 38.1 Å². The first-order chi connectivity index (χ1) is 12.0. The topological polar surface area (TPSA) is 112 Å². The van der Waals surface area contributed by atoms with Crippen molar-refractivity contribution in [1.29, 1.82) is 0 Å². The number of hydrogen-bond donors (Lipinski definition) is 4. The molecule has 26 heavy (non-hydrogen) atoms. The van der Waals surface area contributed by atoms with Crippen LogP contribution in [0.4, 0.5) is 5.69 Å². The zero-order valence-corrected chi connectivity index (χ0v) is 17.1. The van der Waals surface area contributed by atoms with Gasteiger partial charge in [0.05, 0.1) is 24.7 Å². The highest BCUT2D eigenvalue weighted by atomic mass is 127. The predicted octanol–water partition coefficient (Wildman–Crippen LogP) is 1.69. The molecule has 2 aromatic rings. The van der Waals surface area contributed by atoms with Crippen molar-refractivity contribution < 1.29 is 14.3 Å². The van der Waals surface area contributed by atoms with Crippen LogP contribution in [0.15, 0.2) is 52.3 Å². The number of anilines is 1. The number of guanidine groups is 1. The van der Waals surface area contributed by atoms with E-state index in [0.717, 1.165) is 0 Å². The minimum Gasteiger partial charge on any atom is -0.466 e. The number of carbonyl (C=O) groups is 1. The molecule has 1 unspecified atom stereocenters. The van der Waals surface area contributed by atoms with Gasteiger partial charge in [-0.2, -0.15) is 0 Å². The summed E-state index contributed by atoms with van der Waals surface area (Å²) in [7, 11) is 0. The second-order valence-electron chi connectivity index (χ2n) is 5.59. The second kappa shape index (κ2) is 10.8. The number of furan rings is 1. The molecule has 0 aliphatic carbocycles. The number of nitrogens with zero attached hydrogens (tertiary/aromatic N) is 2. The van der Waals surface area contributed by atoms with E-state index in [9.17, 15) is 9.90 Å². The Morgan fingerprint density at radius 2 is 2.15 bits per heavy atom. The summed E-state index contributed by atoms with van der Waals surface area (Å²) < 4.78 is 5.23. The van der Waals surface area contributed by atoms with Crippen molar-refractivity contribution in [3.05, 3.63) is 48.7 Å². The van der Waals surface area contributed by atoms with Gasteiger partial charge in [0.2, 0.25) is 5.91 Å². The highest BCUT2D eigenvalue weighted by Gasteiger charge is 2.26. The maximum absolute atomic E-state index is 11.9. The van der Waals surface area contributed by atoms with Crippen molar-refractivity contribution in [3.63, 3.8) is 0 Å². The molecule has 2 heterocycles. The molecule has 9 heteroatoms. The van der Waals surface area contributed by atoms with Gasteiger partial charge in [-0.25, -0.2) is 4.99 Å².